The fourth-order valence-corrected chi connectivity index (χ4v) is 4.34. The Bertz CT molecular complexity index is 1020. The van der Waals surface area contributed by atoms with E-state index in [0.29, 0.717) is 6.42 Å². The van der Waals surface area contributed by atoms with Crippen molar-refractivity contribution in [3.05, 3.63) is 59.7 Å². The Kier molecular flexibility index (Phi) is 6.37. The molecule has 1 heterocycles. The second-order valence-electron chi connectivity index (χ2n) is 9.01. The van der Waals surface area contributed by atoms with E-state index in [0.717, 1.165) is 22.3 Å². The average Bonchev–Trinajstić information content (AvgIpc) is 3.39. The predicted molar refractivity (Wildman–Crippen MR) is 121 cm³/mol. The number of alkyl carbamates (subject to hydrolysis) is 1. The Hall–Kier alpha value is -3.39. The van der Waals surface area contributed by atoms with Crippen LogP contribution < -0.4 is 10.6 Å². The molecule has 1 saturated heterocycles. The Morgan fingerprint density at radius 1 is 1.06 bits per heavy atom. The van der Waals surface area contributed by atoms with E-state index in [2.05, 4.69) is 34.9 Å². The molecule has 0 radical (unpaired) electrons. The van der Waals surface area contributed by atoms with Crippen molar-refractivity contribution in [2.45, 2.75) is 37.8 Å². The van der Waals surface area contributed by atoms with Gasteiger partial charge in [0.25, 0.3) is 0 Å². The van der Waals surface area contributed by atoms with Gasteiger partial charge >= 0.3 is 12.1 Å². The predicted octanol–water partition coefficient (Wildman–Crippen LogP) is 2.91. The minimum atomic E-state index is -1.35. The first-order chi connectivity index (χ1) is 15.8. The molecule has 33 heavy (non-hydrogen) atoms. The molecule has 2 aromatic rings. The molecule has 2 amide bonds. The molecule has 0 saturated carbocycles. The number of amides is 2. The molecule has 8 nitrogen and oxygen atoms in total. The van der Waals surface area contributed by atoms with Gasteiger partial charge in [-0.1, -0.05) is 48.5 Å². The molecule has 1 aliphatic heterocycles. The maximum Gasteiger partial charge on any atom is 0.407 e. The number of rotatable bonds is 7. The molecule has 1 fully saturated rings. The molecule has 2 unspecified atom stereocenters. The molecule has 8 heteroatoms. The minimum absolute atomic E-state index is 0.0171. The largest absolute Gasteiger partial charge is 0.480 e. The highest BCUT2D eigenvalue weighted by Gasteiger charge is 2.36. The molecule has 2 atom stereocenters. The Labute approximate surface area is 192 Å². The van der Waals surface area contributed by atoms with Crippen LogP contribution in [0.15, 0.2) is 48.5 Å². The van der Waals surface area contributed by atoms with E-state index < -0.39 is 23.5 Å². The zero-order valence-electron chi connectivity index (χ0n) is 18.7. The van der Waals surface area contributed by atoms with Crippen LogP contribution in [0.25, 0.3) is 11.1 Å². The lowest BCUT2D eigenvalue weighted by molar-refractivity contribution is -0.146. The van der Waals surface area contributed by atoms with Crippen molar-refractivity contribution in [2.24, 2.45) is 5.92 Å². The van der Waals surface area contributed by atoms with Crippen LogP contribution in [-0.2, 0) is 19.1 Å². The summed E-state index contributed by atoms with van der Waals surface area (Å²) in [4.78, 5) is 35.9. The van der Waals surface area contributed by atoms with Gasteiger partial charge < -0.3 is 25.2 Å². The third kappa shape index (κ3) is 4.85. The average molecular weight is 453 g/mol. The van der Waals surface area contributed by atoms with Gasteiger partial charge in [0.05, 0.1) is 18.6 Å². The first-order valence-electron chi connectivity index (χ1n) is 11.0. The highest BCUT2D eigenvalue weighted by molar-refractivity contribution is 5.87. The lowest BCUT2D eigenvalue weighted by Crippen LogP contribution is -2.51. The summed E-state index contributed by atoms with van der Waals surface area (Å²) in [6.07, 6.45) is -0.486. The first-order valence-corrected chi connectivity index (χ1v) is 11.0. The van der Waals surface area contributed by atoms with Gasteiger partial charge in [0, 0.05) is 12.5 Å². The van der Waals surface area contributed by atoms with Crippen molar-refractivity contribution in [1.29, 1.82) is 0 Å². The molecule has 2 aromatic carbocycles. The van der Waals surface area contributed by atoms with Crippen LogP contribution in [0, 0.1) is 5.92 Å². The van der Waals surface area contributed by atoms with Crippen molar-refractivity contribution in [3.8, 4) is 11.1 Å². The number of nitrogens with one attached hydrogen (secondary N) is 2. The topological polar surface area (TPSA) is 114 Å². The van der Waals surface area contributed by atoms with Crippen molar-refractivity contribution in [2.75, 3.05) is 19.8 Å². The number of aliphatic carboxylic acids is 1. The number of fused-ring (bicyclic) bond motifs is 3. The van der Waals surface area contributed by atoms with Crippen molar-refractivity contribution in [3.63, 3.8) is 0 Å². The van der Waals surface area contributed by atoms with E-state index in [9.17, 15) is 14.4 Å². The van der Waals surface area contributed by atoms with Gasteiger partial charge in [-0.05, 0) is 42.5 Å². The summed E-state index contributed by atoms with van der Waals surface area (Å²) in [5.74, 6) is -1.95. The number of carbonyl (C=O) groups is 3. The smallest absolute Gasteiger partial charge is 0.407 e. The number of ether oxygens (including phenoxy) is 2. The monoisotopic (exact) mass is 452 g/mol. The lowest BCUT2D eigenvalue weighted by Gasteiger charge is -2.22. The van der Waals surface area contributed by atoms with Crippen LogP contribution in [0.5, 0.6) is 0 Å². The zero-order valence-corrected chi connectivity index (χ0v) is 18.7. The molecule has 0 aromatic heterocycles. The van der Waals surface area contributed by atoms with Crippen LogP contribution in [0.3, 0.4) is 0 Å². The standard InChI is InChI=1S/C25H28N2O6/c1-25(2,23(29)30)27-22(28)15-11-16(32-13-15)12-26-24(31)33-14-21-19-9-5-3-7-17(19)18-8-4-6-10-20(18)21/h3-10,15-16,21H,11-14H2,1-2H3,(H,26,31)(H,27,28)(H,29,30). The highest BCUT2D eigenvalue weighted by atomic mass is 16.5. The van der Waals surface area contributed by atoms with Gasteiger partial charge in [0.1, 0.15) is 12.1 Å². The number of carboxylic acid groups (broad SMARTS) is 1. The zero-order chi connectivity index (χ0) is 23.6. The summed E-state index contributed by atoms with van der Waals surface area (Å²) < 4.78 is 11.1. The van der Waals surface area contributed by atoms with E-state index in [1.807, 2.05) is 24.3 Å². The van der Waals surface area contributed by atoms with E-state index in [-0.39, 0.29) is 37.7 Å². The van der Waals surface area contributed by atoms with Crippen LogP contribution in [-0.4, -0.2) is 54.5 Å². The molecule has 4 rings (SSSR count). The second-order valence-corrected chi connectivity index (χ2v) is 9.01. The third-order valence-electron chi connectivity index (χ3n) is 6.24. The summed E-state index contributed by atoms with van der Waals surface area (Å²) in [5, 5.41) is 14.4. The molecule has 2 aliphatic rings. The van der Waals surface area contributed by atoms with Crippen LogP contribution in [0.1, 0.15) is 37.3 Å². The molecule has 174 valence electrons. The van der Waals surface area contributed by atoms with Crippen LogP contribution >= 0.6 is 0 Å². The molecule has 3 N–H and O–H groups in total. The summed E-state index contributed by atoms with van der Waals surface area (Å²) in [7, 11) is 0. The van der Waals surface area contributed by atoms with Crippen LogP contribution in [0.2, 0.25) is 0 Å². The van der Waals surface area contributed by atoms with Crippen molar-refractivity contribution < 1.29 is 29.0 Å². The quantitative estimate of drug-likeness (QED) is 0.595. The molecule has 0 spiro atoms. The van der Waals surface area contributed by atoms with E-state index in [4.69, 9.17) is 14.6 Å². The first kappa shape index (κ1) is 22.8. The maximum absolute atomic E-state index is 12.3. The van der Waals surface area contributed by atoms with Gasteiger partial charge in [0.15, 0.2) is 0 Å². The summed E-state index contributed by atoms with van der Waals surface area (Å²) in [6.45, 7) is 3.47. The normalized spacial score (nSPS) is 19.5. The fraction of sp³-hybridized carbons (Fsp3) is 0.400. The number of carbonyl (C=O) groups excluding carboxylic acids is 2. The van der Waals surface area contributed by atoms with Crippen molar-refractivity contribution >= 4 is 18.0 Å². The van der Waals surface area contributed by atoms with Gasteiger partial charge in [-0.25, -0.2) is 9.59 Å². The van der Waals surface area contributed by atoms with E-state index in [1.54, 1.807) is 0 Å². The number of hydrogen-bond acceptors (Lipinski definition) is 5. The molecule has 0 bridgehead atoms. The fourth-order valence-electron chi connectivity index (χ4n) is 4.34. The number of benzene rings is 2. The Morgan fingerprint density at radius 2 is 1.67 bits per heavy atom. The minimum Gasteiger partial charge on any atom is -0.480 e. The van der Waals surface area contributed by atoms with Gasteiger partial charge in [-0.15, -0.1) is 0 Å². The SMILES string of the molecule is CC(C)(NC(=O)C1COC(CNC(=O)OCC2c3ccccc3-c3ccccc32)C1)C(=O)O. The van der Waals surface area contributed by atoms with Gasteiger partial charge in [-0.3, -0.25) is 4.79 Å². The van der Waals surface area contributed by atoms with Crippen LogP contribution in [0.4, 0.5) is 4.79 Å². The lowest BCUT2D eigenvalue weighted by atomic mass is 9.98. The third-order valence-corrected chi connectivity index (χ3v) is 6.24. The van der Waals surface area contributed by atoms with Gasteiger partial charge in [0.2, 0.25) is 5.91 Å². The summed E-state index contributed by atoms with van der Waals surface area (Å²) >= 11 is 0. The molecular weight excluding hydrogens is 424 g/mol. The second kappa shape index (κ2) is 9.23. The Morgan fingerprint density at radius 3 is 2.27 bits per heavy atom. The maximum atomic E-state index is 12.3. The molecular formula is C25H28N2O6. The van der Waals surface area contributed by atoms with E-state index >= 15 is 0 Å². The summed E-state index contributed by atoms with van der Waals surface area (Å²) in [6, 6.07) is 16.3. The molecule has 1 aliphatic carbocycles. The van der Waals surface area contributed by atoms with Gasteiger partial charge in [-0.2, -0.15) is 0 Å². The van der Waals surface area contributed by atoms with E-state index in [1.165, 1.54) is 13.8 Å². The highest BCUT2D eigenvalue weighted by Crippen LogP contribution is 2.44. The summed E-state index contributed by atoms with van der Waals surface area (Å²) in [5.41, 5.74) is 3.26. The Balaban J connectivity index is 1.26. The van der Waals surface area contributed by atoms with Crippen molar-refractivity contribution in [1.82, 2.24) is 10.6 Å². The number of carboxylic acids is 1. The number of hydrogen-bond donors (Lipinski definition) is 3.